The fourth-order valence-electron chi connectivity index (χ4n) is 3.36. The minimum Gasteiger partial charge on any atom is -0.439 e. The first-order chi connectivity index (χ1) is 15.0. The van der Waals surface area contributed by atoms with Gasteiger partial charge in [0.2, 0.25) is 5.88 Å². The molecule has 1 fully saturated rings. The average molecular weight is 421 g/mol. The highest BCUT2D eigenvalue weighted by Gasteiger charge is 2.23. The Morgan fingerprint density at radius 2 is 1.74 bits per heavy atom. The Hall–Kier alpha value is -3.68. The zero-order valence-corrected chi connectivity index (χ0v) is 17.5. The molecule has 0 radical (unpaired) electrons. The number of carbonyl (C=O) groups excluding carboxylic acids is 1. The van der Waals surface area contributed by atoms with E-state index in [4.69, 9.17) is 4.74 Å². The summed E-state index contributed by atoms with van der Waals surface area (Å²) in [6.45, 7) is 5.81. The van der Waals surface area contributed by atoms with Crippen LogP contribution in [0.1, 0.15) is 11.4 Å². The molecule has 2 amide bonds. The van der Waals surface area contributed by atoms with E-state index in [1.54, 1.807) is 24.0 Å². The number of para-hydroxylation sites is 1. The van der Waals surface area contributed by atoms with Crippen LogP contribution in [0.25, 0.3) is 0 Å². The van der Waals surface area contributed by atoms with Crippen molar-refractivity contribution >= 4 is 17.5 Å². The number of rotatable bonds is 4. The third kappa shape index (κ3) is 5.09. The Bertz CT molecular complexity index is 1070. The van der Waals surface area contributed by atoms with Crippen molar-refractivity contribution in [2.75, 3.05) is 36.4 Å². The summed E-state index contributed by atoms with van der Waals surface area (Å²) in [7, 11) is 0. The number of carbonyl (C=O) groups is 1. The standard InChI is InChI=1S/C23H24FN5O2/c1-16-8-9-18(14-20(16)24)27-23(30)29-12-10-28(11-13-29)21-15-22(26-17(2)25-21)31-19-6-4-3-5-7-19/h3-9,14-15H,10-13H2,1-2H3,(H,27,30). The van der Waals surface area contributed by atoms with Gasteiger partial charge in [-0.1, -0.05) is 24.3 Å². The fourth-order valence-corrected chi connectivity index (χ4v) is 3.36. The van der Waals surface area contributed by atoms with Crippen LogP contribution in [-0.4, -0.2) is 47.1 Å². The van der Waals surface area contributed by atoms with Gasteiger partial charge in [0.05, 0.1) is 0 Å². The number of ether oxygens (including phenoxy) is 1. The lowest BCUT2D eigenvalue weighted by Crippen LogP contribution is -2.50. The summed E-state index contributed by atoms with van der Waals surface area (Å²) in [5, 5.41) is 2.76. The lowest BCUT2D eigenvalue weighted by atomic mass is 10.2. The van der Waals surface area contributed by atoms with E-state index in [0.717, 1.165) is 5.82 Å². The van der Waals surface area contributed by atoms with Crippen LogP contribution in [-0.2, 0) is 0 Å². The molecule has 1 aromatic heterocycles. The summed E-state index contributed by atoms with van der Waals surface area (Å²) in [5.41, 5.74) is 0.993. The second-order valence-electron chi connectivity index (χ2n) is 7.39. The van der Waals surface area contributed by atoms with Gasteiger partial charge in [0, 0.05) is 37.9 Å². The molecule has 4 rings (SSSR count). The minimum atomic E-state index is -0.338. The average Bonchev–Trinajstić information content (AvgIpc) is 2.77. The summed E-state index contributed by atoms with van der Waals surface area (Å²) < 4.78 is 19.6. The molecular formula is C23H24FN5O2. The van der Waals surface area contributed by atoms with Gasteiger partial charge in [0.25, 0.3) is 0 Å². The van der Waals surface area contributed by atoms with Crippen molar-refractivity contribution in [3.63, 3.8) is 0 Å². The van der Waals surface area contributed by atoms with Gasteiger partial charge in [0.1, 0.15) is 23.2 Å². The first-order valence-electron chi connectivity index (χ1n) is 10.1. The van der Waals surface area contributed by atoms with Crippen LogP contribution in [0.3, 0.4) is 0 Å². The van der Waals surface area contributed by atoms with Crippen molar-refractivity contribution in [2.24, 2.45) is 0 Å². The van der Waals surface area contributed by atoms with E-state index >= 15 is 0 Å². The molecule has 160 valence electrons. The zero-order valence-electron chi connectivity index (χ0n) is 17.5. The number of aromatic nitrogens is 2. The topological polar surface area (TPSA) is 70.6 Å². The van der Waals surface area contributed by atoms with Gasteiger partial charge >= 0.3 is 6.03 Å². The number of amides is 2. The van der Waals surface area contributed by atoms with Gasteiger partial charge in [-0.2, -0.15) is 4.98 Å². The maximum absolute atomic E-state index is 13.7. The van der Waals surface area contributed by atoms with Gasteiger partial charge in [-0.05, 0) is 43.7 Å². The van der Waals surface area contributed by atoms with Crippen LogP contribution in [0.15, 0.2) is 54.6 Å². The number of piperazine rings is 1. The molecule has 0 atom stereocenters. The number of nitrogens with one attached hydrogen (secondary N) is 1. The largest absolute Gasteiger partial charge is 0.439 e. The number of nitrogens with zero attached hydrogens (tertiary/aromatic N) is 4. The molecule has 1 aliphatic rings. The summed E-state index contributed by atoms with van der Waals surface area (Å²) in [6.07, 6.45) is 0. The Morgan fingerprint density at radius 1 is 1.00 bits per heavy atom. The smallest absolute Gasteiger partial charge is 0.321 e. The SMILES string of the molecule is Cc1nc(Oc2ccccc2)cc(N2CCN(C(=O)Nc3ccc(C)c(F)c3)CC2)n1. The highest BCUT2D eigenvalue weighted by molar-refractivity contribution is 5.89. The molecule has 2 heterocycles. The molecule has 7 nitrogen and oxygen atoms in total. The molecule has 0 spiro atoms. The second-order valence-corrected chi connectivity index (χ2v) is 7.39. The summed E-state index contributed by atoms with van der Waals surface area (Å²) >= 11 is 0. The number of benzene rings is 2. The normalized spacial score (nSPS) is 13.8. The Balaban J connectivity index is 1.38. The fraction of sp³-hybridized carbons (Fsp3) is 0.261. The van der Waals surface area contributed by atoms with Crippen LogP contribution in [0.4, 0.5) is 20.7 Å². The van der Waals surface area contributed by atoms with Crippen LogP contribution >= 0.6 is 0 Å². The lowest BCUT2D eigenvalue weighted by Gasteiger charge is -2.35. The molecule has 0 saturated carbocycles. The van der Waals surface area contributed by atoms with E-state index in [2.05, 4.69) is 20.2 Å². The van der Waals surface area contributed by atoms with E-state index in [1.165, 1.54) is 6.07 Å². The number of halogens is 1. The van der Waals surface area contributed by atoms with Crippen molar-refractivity contribution in [1.82, 2.24) is 14.9 Å². The van der Waals surface area contributed by atoms with Gasteiger partial charge in [0.15, 0.2) is 0 Å². The van der Waals surface area contributed by atoms with Crippen molar-refractivity contribution < 1.29 is 13.9 Å². The van der Waals surface area contributed by atoms with E-state index in [1.807, 2.05) is 43.3 Å². The molecule has 0 bridgehead atoms. The Labute approximate surface area is 180 Å². The Kier molecular flexibility index (Phi) is 5.97. The molecule has 0 aliphatic carbocycles. The quantitative estimate of drug-likeness (QED) is 0.677. The molecule has 3 aromatic rings. The van der Waals surface area contributed by atoms with Crippen molar-refractivity contribution in [3.8, 4) is 11.6 Å². The number of hydrogen-bond acceptors (Lipinski definition) is 5. The second kappa shape index (κ2) is 8.99. The van der Waals surface area contributed by atoms with Gasteiger partial charge < -0.3 is 19.9 Å². The monoisotopic (exact) mass is 421 g/mol. The van der Waals surface area contributed by atoms with Crippen LogP contribution < -0.4 is 15.0 Å². The molecular weight excluding hydrogens is 397 g/mol. The van der Waals surface area contributed by atoms with E-state index in [-0.39, 0.29) is 11.8 Å². The number of aryl methyl sites for hydroxylation is 2. The van der Waals surface area contributed by atoms with Crippen molar-refractivity contribution in [2.45, 2.75) is 13.8 Å². The lowest BCUT2D eigenvalue weighted by molar-refractivity contribution is 0.208. The highest BCUT2D eigenvalue weighted by Crippen LogP contribution is 2.24. The molecule has 2 aromatic carbocycles. The maximum Gasteiger partial charge on any atom is 0.321 e. The number of anilines is 2. The predicted octanol–water partition coefficient (Wildman–Crippen LogP) is 4.38. The molecule has 8 heteroatoms. The molecule has 1 aliphatic heterocycles. The van der Waals surface area contributed by atoms with Gasteiger partial charge in [-0.15, -0.1) is 0 Å². The molecule has 0 unspecified atom stereocenters. The van der Waals surface area contributed by atoms with Crippen LogP contribution in [0.5, 0.6) is 11.6 Å². The molecule has 1 saturated heterocycles. The third-order valence-corrected chi connectivity index (χ3v) is 5.08. The van der Waals surface area contributed by atoms with E-state index < -0.39 is 0 Å². The molecule has 1 N–H and O–H groups in total. The number of urea groups is 1. The summed E-state index contributed by atoms with van der Waals surface area (Å²) in [4.78, 5) is 25.2. The van der Waals surface area contributed by atoms with Gasteiger partial charge in [-0.3, -0.25) is 0 Å². The number of hydrogen-bond donors (Lipinski definition) is 1. The van der Waals surface area contributed by atoms with Crippen LogP contribution in [0.2, 0.25) is 0 Å². The van der Waals surface area contributed by atoms with Crippen LogP contribution in [0, 0.1) is 19.7 Å². The molecule has 31 heavy (non-hydrogen) atoms. The first kappa shape index (κ1) is 20.6. The highest BCUT2D eigenvalue weighted by atomic mass is 19.1. The predicted molar refractivity (Wildman–Crippen MR) is 117 cm³/mol. The van der Waals surface area contributed by atoms with E-state index in [9.17, 15) is 9.18 Å². The summed E-state index contributed by atoms with van der Waals surface area (Å²) in [6, 6.07) is 15.7. The van der Waals surface area contributed by atoms with E-state index in [0.29, 0.717) is 54.9 Å². The Morgan fingerprint density at radius 3 is 2.45 bits per heavy atom. The zero-order chi connectivity index (χ0) is 21.8. The first-order valence-corrected chi connectivity index (χ1v) is 10.1. The summed E-state index contributed by atoms with van der Waals surface area (Å²) in [5.74, 6) is 2.23. The third-order valence-electron chi connectivity index (χ3n) is 5.08. The minimum absolute atomic E-state index is 0.241. The van der Waals surface area contributed by atoms with Gasteiger partial charge in [-0.25, -0.2) is 14.2 Å². The van der Waals surface area contributed by atoms with Crippen molar-refractivity contribution in [3.05, 3.63) is 71.8 Å². The van der Waals surface area contributed by atoms with Crippen molar-refractivity contribution in [1.29, 1.82) is 0 Å². The maximum atomic E-state index is 13.7.